The van der Waals surface area contributed by atoms with E-state index in [0.717, 1.165) is 11.4 Å². The third-order valence-corrected chi connectivity index (χ3v) is 4.09. The van der Waals surface area contributed by atoms with Crippen molar-refractivity contribution in [3.05, 3.63) is 51.3 Å². The summed E-state index contributed by atoms with van der Waals surface area (Å²) in [7, 11) is 3.80. The first-order chi connectivity index (χ1) is 11.7. The van der Waals surface area contributed by atoms with Crippen LogP contribution in [0.4, 0.5) is 19.0 Å². The molecule has 0 fully saturated rings. The van der Waals surface area contributed by atoms with Crippen molar-refractivity contribution < 1.29 is 13.2 Å². The van der Waals surface area contributed by atoms with Crippen LogP contribution in [0.5, 0.6) is 0 Å². The van der Waals surface area contributed by atoms with Gasteiger partial charge in [0.25, 0.3) is 5.56 Å². The Hall–Kier alpha value is -2.42. The smallest absolute Gasteiger partial charge is 0.363 e. The highest BCUT2D eigenvalue weighted by atomic mass is 19.4. The van der Waals surface area contributed by atoms with Crippen molar-refractivity contribution in [3.8, 4) is 0 Å². The Morgan fingerprint density at radius 1 is 1.32 bits per heavy atom. The van der Waals surface area contributed by atoms with E-state index in [1.165, 1.54) is 0 Å². The largest absolute Gasteiger partial charge is 0.449 e. The molecule has 2 aromatic rings. The molecule has 25 heavy (non-hydrogen) atoms. The minimum Gasteiger partial charge on any atom is -0.363 e. The maximum atomic E-state index is 12.7. The first-order valence-electron chi connectivity index (χ1n) is 7.78. The number of pyridine rings is 1. The van der Waals surface area contributed by atoms with Crippen LogP contribution >= 0.6 is 0 Å². The number of nitrogens with one attached hydrogen (secondary N) is 1. The molecule has 0 aliphatic carbocycles. The zero-order valence-corrected chi connectivity index (χ0v) is 13.9. The van der Waals surface area contributed by atoms with E-state index in [4.69, 9.17) is 0 Å². The first-order valence-corrected chi connectivity index (χ1v) is 7.78. The van der Waals surface area contributed by atoms with Gasteiger partial charge in [0.05, 0.1) is 11.3 Å². The van der Waals surface area contributed by atoms with Crippen molar-refractivity contribution in [2.24, 2.45) is 0 Å². The number of anilines is 1. The molecule has 2 aromatic heterocycles. The van der Waals surface area contributed by atoms with Crippen molar-refractivity contribution in [3.63, 3.8) is 0 Å². The lowest BCUT2D eigenvalue weighted by Gasteiger charge is -2.27. The maximum absolute atomic E-state index is 12.7. The number of rotatable bonds is 3. The van der Waals surface area contributed by atoms with Crippen LogP contribution in [-0.2, 0) is 25.7 Å². The lowest BCUT2D eigenvalue weighted by atomic mass is 10.1. The van der Waals surface area contributed by atoms with Crippen LogP contribution < -0.4 is 10.5 Å². The highest BCUT2D eigenvalue weighted by Crippen LogP contribution is 2.26. The Kier molecular flexibility index (Phi) is 4.51. The van der Waals surface area contributed by atoms with Gasteiger partial charge in [0.2, 0.25) is 5.82 Å². The number of hydrogen-bond acceptors (Lipinski definition) is 5. The maximum Gasteiger partial charge on any atom is 0.449 e. The van der Waals surface area contributed by atoms with Gasteiger partial charge in [-0.2, -0.15) is 13.2 Å². The second-order valence-electron chi connectivity index (χ2n) is 6.22. The number of fused-ring (bicyclic) bond motifs is 1. The van der Waals surface area contributed by atoms with Gasteiger partial charge in [-0.25, -0.2) is 9.97 Å². The molecule has 0 atom stereocenters. The third-order valence-electron chi connectivity index (χ3n) is 4.09. The van der Waals surface area contributed by atoms with Crippen LogP contribution in [-0.4, -0.2) is 40.5 Å². The summed E-state index contributed by atoms with van der Waals surface area (Å²) in [5, 5.41) is 0. The van der Waals surface area contributed by atoms with Crippen molar-refractivity contribution in [1.82, 2.24) is 19.9 Å². The number of halogens is 3. The van der Waals surface area contributed by atoms with E-state index in [-0.39, 0.29) is 12.2 Å². The molecule has 6 nitrogen and oxygen atoms in total. The molecule has 0 saturated heterocycles. The highest BCUT2D eigenvalue weighted by molar-refractivity contribution is 5.37. The summed E-state index contributed by atoms with van der Waals surface area (Å²) < 4.78 is 38.2. The number of hydrogen-bond donors (Lipinski definition) is 1. The fraction of sp³-hybridized carbons (Fsp3) is 0.438. The summed E-state index contributed by atoms with van der Waals surface area (Å²) in [4.78, 5) is 25.7. The van der Waals surface area contributed by atoms with Crippen LogP contribution in [0.1, 0.15) is 22.6 Å². The Labute approximate surface area is 142 Å². The quantitative estimate of drug-likeness (QED) is 0.912. The van der Waals surface area contributed by atoms with Gasteiger partial charge in [0, 0.05) is 46.3 Å². The molecule has 0 saturated carbocycles. The highest BCUT2D eigenvalue weighted by Gasteiger charge is 2.35. The van der Waals surface area contributed by atoms with Gasteiger partial charge in [0.15, 0.2) is 0 Å². The number of aromatic nitrogens is 3. The standard InChI is InChI=1S/C16H18F3N5O/c1-23(2)13-4-3-10(7-20-13)8-24-6-5-12-11(9-24)14(25)22-15(21-12)16(17,18)19/h3-4,7H,5-6,8-9H2,1-2H3,(H,21,22,25). The van der Waals surface area contributed by atoms with E-state index in [1.54, 1.807) is 6.20 Å². The second-order valence-corrected chi connectivity index (χ2v) is 6.22. The molecule has 0 radical (unpaired) electrons. The summed E-state index contributed by atoms with van der Waals surface area (Å²) >= 11 is 0. The molecule has 0 spiro atoms. The summed E-state index contributed by atoms with van der Waals surface area (Å²) in [5.74, 6) is -0.388. The van der Waals surface area contributed by atoms with Crippen molar-refractivity contribution in [2.45, 2.75) is 25.7 Å². The Bertz CT molecular complexity index is 814. The van der Waals surface area contributed by atoms with Gasteiger partial charge < -0.3 is 9.88 Å². The fourth-order valence-electron chi connectivity index (χ4n) is 2.78. The normalized spacial score (nSPS) is 15.1. The summed E-state index contributed by atoms with van der Waals surface area (Å²) in [6.07, 6.45) is -2.57. The molecule has 1 N–H and O–H groups in total. The number of alkyl halides is 3. The van der Waals surface area contributed by atoms with Crippen LogP contribution in [0.3, 0.4) is 0 Å². The van der Waals surface area contributed by atoms with Gasteiger partial charge in [-0.3, -0.25) is 9.69 Å². The number of nitrogens with zero attached hydrogens (tertiary/aromatic N) is 4. The van der Waals surface area contributed by atoms with Gasteiger partial charge in [0.1, 0.15) is 5.82 Å². The van der Waals surface area contributed by atoms with Gasteiger partial charge in [-0.15, -0.1) is 0 Å². The molecular weight excluding hydrogens is 335 g/mol. The molecule has 0 aromatic carbocycles. The third kappa shape index (κ3) is 3.81. The molecule has 134 valence electrons. The minimum absolute atomic E-state index is 0.230. The minimum atomic E-state index is -4.65. The lowest BCUT2D eigenvalue weighted by Crippen LogP contribution is -2.36. The van der Waals surface area contributed by atoms with E-state index in [0.29, 0.717) is 25.1 Å². The van der Waals surface area contributed by atoms with E-state index >= 15 is 0 Å². The molecule has 0 amide bonds. The topological polar surface area (TPSA) is 65.1 Å². The van der Waals surface area contributed by atoms with Crippen molar-refractivity contribution in [2.75, 3.05) is 25.5 Å². The number of H-pyrrole nitrogens is 1. The molecule has 3 rings (SSSR count). The van der Waals surface area contributed by atoms with Crippen LogP contribution in [0, 0.1) is 0 Å². The number of aromatic amines is 1. The summed E-state index contributed by atoms with van der Waals surface area (Å²) in [6, 6.07) is 3.85. The van der Waals surface area contributed by atoms with Gasteiger partial charge in [-0.05, 0) is 11.6 Å². The Morgan fingerprint density at radius 2 is 2.08 bits per heavy atom. The zero-order chi connectivity index (χ0) is 18.2. The molecule has 0 bridgehead atoms. The van der Waals surface area contributed by atoms with E-state index in [1.807, 2.05) is 41.0 Å². The van der Waals surface area contributed by atoms with Crippen molar-refractivity contribution in [1.29, 1.82) is 0 Å². The Balaban J connectivity index is 1.76. The average molecular weight is 353 g/mol. The molecular formula is C16H18F3N5O. The predicted octanol–water partition coefficient (Wildman–Crippen LogP) is 1.81. The summed E-state index contributed by atoms with van der Waals surface area (Å²) in [5.41, 5.74) is 0.791. The average Bonchev–Trinajstić information content (AvgIpc) is 2.55. The van der Waals surface area contributed by atoms with E-state index < -0.39 is 17.6 Å². The molecule has 3 heterocycles. The monoisotopic (exact) mass is 353 g/mol. The lowest BCUT2D eigenvalue weighted by molar-refractivity contribution is -0.145. The molecule has 0 unspecified atom stereocenters. The summed E-state index contributed by atoms with van der Waals surface area (Å²) in [6.45, 7) is 1.38. The van der Waals surface area contributed by atoms with Crippen LogP contribution in [0.15, 0.2) is 23.1 Å². The first kappa shape index (κ1) is 17.4. The molecule has 1 aliphatic heterocycles. The van der Waals surface area contributed by atoms with Crippen LogP contribution in [0.25, 0.3) is 0 Å². The van der Waals surface area contributed by atoms with Gasteiger partial charge in [-0.1, -0.05) is 6.07 Å². The van der Waals surface area contributed by atoms with Gasteiger partial charge >= 0.3 is 6.18 Å². The van der Waals surface area contributed by atoms with Crippen LogP contribution in [0.2, 0.25) is 0 Å². The second kappa shape index (κ2) is 6.47. The van der Waals surface area contributed by atoms with E-state index in [2.05, 4.69) is 9.97 Å². The molecule has 1 aliphatic rings. The fourth-order valence-corrected chi connectivity index (χ4v) is 2.78. The van der Waals surface area contributed by atoms with Crippen molar-refractivity contribution >= 4 is 5.82 Å². The Morgan fingerprint density at radius 3 is 2.68 bits per heavy atom. The predicted molar refractivity (Wildman–Crippen MR) is 86.2 cm³/mol. The zero-order valence-electron chi connectivity index (χ0n) is 13.9. The molecule has 9 heteroatoms. The SMILES string of the molecule is CN(C)c1ccc(CN2CCc3nc(C(F)(F)F)[nH]c(=O)c3C2)cn1. The van der Waals surface area contributed by atoms with E-state index in [9.17, 15) is 18.0 Å².